The average Bonchev–Trinajstić information content (AvgIpc) is 3.36. The second-order valence-corrected chi connectivity index (χ2v) is 9.28. The van der Waals surface area contributed by atoms with Gasteiger partial charge < -0.3 is 19.9 Å². The Hall–Kier alpha value is -3.91. The molecule has 0 spiro atoms. The third kappa shape index (κ3) is 6.65. The summed E-state index contributed by atoms with van der Waals surface area (Å²) in [5.74, 6) is 1.09. The molecule has 4 rings (SSSR count). The summed E-state index contributed by atoms with van der Waals surface area (Å²) in [4.78, 5) is 19.4. The first-order valence-electron chi connectivity index (χ1n) is 11.9. The minimum Gasteiger partial charge on any atom is -0.494 e. The quantitative estimate of drug-likeness (QED) is 0.307. The summed E-state index contributed by atoms with van der Waals surface area (Å²) in [5, 5.41) is 4.18. The van der Waals surface area contributed by atoms with Crippen LogP contribution in [0.15, 0.2) is 88.8 Å². The highest BCUT2D eigenvalue weighted by Gasteiger charge is 2.33. The van der Waals surface area contributed by atoms with Gasteiger partial charge >= 0.3 is 0 Å². The van der Waals surface area contributed by atoms with Gasteiger partial charge in [0.2, 0.25) is 0 Å². The summed E-state index contributed by atoms with van der Waals surface area (Å²) in [6, 6.07) is 13.5. The number of amides is 1. The number of hydrogen-bond donors (Lipinski definition) is 1. The number of piperidine rings is 1. The number of nitrogens with zero attached hydrogens (tertiary/aromatic N) is 3. The molecule has 7 nitrogen and oxygen atoms in total. The van der Waals surface area contributed by atoms with E-state index in [1.165, 1.54) is 18.3 Å². The van der Waals surface area contributed by atoms with E-state index in [0.717, 1.165) is 11.1 Å². The Morgan fingerprint density at radius 3 is 2.62 bits per heavy atom. The predicted octanol–water partition coefficient (Wildman–Crippen LogP) is 5.56. The molecule has 1 saturated heterocycles. The maximum atomic E-state index is 13.6. The lowest BCUT2D eigenvalue weighted by atomic mass is 9.81. The number of aromatic nitrogens is 2. The number of aryl methyl sites for hydroxylation is 1. The largest absolute Gasteiger partial charge is 0.494 e. The normalized spacial score (nSPS) is 18.2. The van der Waals surface area contributed by atoms with E-state index in [1.54, 1.807) is 55.5 Å². The third-order valence-electron chi connectivity index (χ3n) is 6.32. The Morgan fingerprint density at radius 1 is 1.24 bits per heavy atom. The number of benzene rings is 2. The van der Waals surface area contributed by atoms with Crippen LogP contribution >= 0.6 is 11.6 Å². The molecule has 1 aromatic heterocycles. The first-order chi connectivity index (χ1) is 17.8. The zero-order chi connectivity index (χ0) is 26.4. The molecular formula is C28H28ClFN4O3. The monoisotopic (exact) mass is 522 g/mol. The van der Waals surface area contributed by atoms with Crippen LogP contribution in [0.3, 0.4) is 0 Å². The van der Waals surface area contributed by atoms with Crippen LogP contribution in [0.1, 0.15) is 34.1 Å². The van der Waals surface area contributed by atoms with Gasteiger partial charge in [0, 0.05) is 42.3 Å². The molecule has 1 aliphatic heterocycles. The lowest BCUT2D eigenvalue weighted by Crippen LogP contribution is -2.44. The first kappa shape index (κ1) is 26.2. The molecular weight excluding hydrogens is 495 g/mol. The highest BCUT2D eigenvalue weighted by molar-refractivity contribution is 6.31. The maximum Gasteiger partial charge on any atom is 0.257 e. The molecule has 3 aromatic rings. The van der Waals surface area contributed by atoms with Crippen LogP contribution in [-0.4, -0.2) is 40.6 Å². The molecule has 37 heavy (non-hydrogen) atoms. The van der Waals surface area contributed by atoms with Crippen molar-refractivity contribution in [2.24, 2.45) is 11.7 Å². The summed E-state index contributed by atoms with van der Waals surface area (Å²) < 4.78 is 24.7. The number of nitrogens with two attached hydrogens (primary N) is 1. The molecule has 2 unspecified atom stereocenters. The van der Waals surface area contributed by atoms with Crippen LogP contribution < -0.4 is 5.73 Å². The van der Waals surface area contributed by atoms with Gasteiger partial charge in [-0.1, -0.05) is 35.5 Å². The molecule has 0 aliphatic carbocycles. The lowest BCUT2D eigenvalue weighted by molar-refractivity contribution is 0.0575. The topological polar surface area (TPSA) is 94.5 Å². The number of likely N-dealkylation sites (tertiary alicyclic amines) is 1. The first-order valence-corrected chi connectivity index (χ1v) is 12.2. The van der Waals surface area contributed by atoms with Crippen molar-refractivity contribution < 1.29 is 18.4 Å². The van der Waals surface area contributed by atoms with Crippen LogP contribution in [0.2, 0.25) is 0 Å². The Bertz CT molecular complexity index is 1300. The van der Waals surface area contributed by atoms with E-state index in [2.05, 4.69) is 16.7 Å². The van der Waals surface area contributed by atoms with Gasteiger partial charge in [0.25, 0.3) is 11.8 Å². The van der Waals surface area contributed by atoms with Crippen LogP contribution in [-0.2, 0) is 4.74 Å². The Balaban J connectivity index is 1.47. The van der Waals surface area contributed by atoms with E-state index in [0.29, 0.717) is 54.2 Å². The van der Waals surface area contributed by atoms with E-state index < -0.39 is 0 Å². The van der Waals surface area contributed by atoms with Crippen LogP contribution in [0, 0.1) is 18.7 Å². The van der Waals surface area contributed by atoms with E-state index in [4.69, 9.17) is 26.6 Å². The van der Waals surface area contributed by atoms with Crippen LogP contribution in [0.5, 0.6) is 0 Å². The van der Waals surface area contributed by atoms with Crippen molar-refractivity contribution in [3.05, 3.63) is 107 Å². The Kier molecular flexibility index (Phi) is 8.40. The van der Waals surface area contributed by atoms with Crippen molar-refractivity contribution >= 4 is 17.5 Å². The van der Waals surface area contributed by atoms with Gasteiger partial charge in [0.1, 0.15) is 11.6 Å². The molecule has 1 fully saturated rings. The van der Waals surface area contributed by atoms with Gasteiger partial charge in [-0.15, -0.1) is 0 Å². The van der Waals surface area contributed by atoms with E-state index in [9.17, 15) is 9.18 Å². The molecule has 0 saturated carbocycles. The number of ether oxygens (including phenoxy) is 1. The second-order valence-electron chi connectivity index (χ2n) is 8.84. The molecule has 2 N–H and O–H groups in total. The third-order valence-corrected chi connectivity index (χ3v) is 6.57. The number of carbonyl (C=O) groups is 1. The molecule has 1 amide bonds. The van der Waals surface area contributed by atoms with Crippen LogP contribution in [0.25, 0.3) is 11.5 Å². The fourth-order valence-corrected chi connectivity index (χ4v) is 4.38. The fourth-order valence-electron chi connectivity index (χ4n) is 4.31. The standard InChI is InChI=1S/C28H28ClFN4O3/c1-18(3-10-24(29)15-31)36-17-23-13-14-34(16-26(23)20-8-11-25(30)12-9-20)28(35)22-6-4-21(5-7-22)27-32-19(2)33-37-27/h3-12,15,23,26H,1,13-14,16-17,31H2,2H3/b10-3-,24-15+. The summed E-state index contributed by atoms with van der Waals surface area (Å²) in [7, 11) is 0. The summed E-state index contributed by atoms with van der Waals surface area (Å²) in [5.41, 5.74) is 7.63. The summed E-state index contributed by atoms with van der Waals surface area (Å²) in [6.45, 7) is 7.10. The van der Waals surface area contributed by atoms with Crippen molar-refractivity contribution in [2.75, 3.05) is 19.7 Å². The van der Waals surface area contributed by atoms with Gasteiger partial charge in [0.15, 0.2) is 5.82 Å². The smallest absolute Gasteiger partial charge is 0.257 e. The molecule has 0 bridgehead atoms. The van der Waals surface area contributed by atoms with Crippen molar-refractivity contribution in [3.8, 4) is 11.5 Å². The SMILES string of the molecule is C=C(/C=C\C(Cl)=C/N)OCC1CCN(C(=O)c2ccc(-c3nc(C)no3)cc2)CC1c1ccc(F)cc1. The Labute approximate surface area is 220 Å². The van der Waals surface area contributed by atoms with Gasteiger partial charge in [0.05, 0.1) is 11.6 Å². The highest BCUT2D eigenvalue weighted by Crippen LogP contribution is 2.34. The second kappa shape index (κ2) is 11.9. The minimum atomic E-state index is -0.305. The molecule has 9 heteroatoms. The van der Waals surface area contributed by atoms with Crippen molar-refractivity contribution in [1.29, 1.82) is 0 Å². The van der Waals surface area contributed by atoms with Crippen molar-refractivity contribution in [3.63, 3.8) is 0 Å². The maximum absolute atomic E-state index is 13.6. The zero-order valence-corrected chi connectivity index (χ0v) is 21.2. The molecule has 2 atom stereocenters. The lowest BCUT2D eigenvalue weighted by Gasteiger charge is -2.39. The van der Waals surface area contributed by atoms with Gasteiger partial charge in [-0.25, -0.2) is 4.39 Å². The molecule has 1 aliphatic rings. The molecule has 0 radical (unpaired) electrons. The van der Waals surface area contributed by atoms with E-state index >= 15 is 0 Å². The zero-order valence-electron chi connectivity index (χ0n) is 20.4. The number of hydrogen-bond acceptors (Lipinski definition) is 6. The van der Waals surface area contributed by atoms with Crippen molar-refractivity contribution in [1.82, 2.24) is 15.0 Å². The number of rotatable bonds is 8. The molecule has 2 aromatic carbocycles. The Morgan fingerprint density at radius 2 is 1.97 bits per heavy atom. The van der Waals surface area contributed by atoms with Crippen molar-refractivity contribution in [2.45, 2.75) is 19.3 Å². The molecule has 192 valence electrons. The van der Waals surface area contributed by atoms with Gasteiger partial charge in [-0.2, -0.15) is 4.98 Å². The van der Waals surface area contributed by atoms with Crippen LogP contribution in [0.4, 0.5) is 4.39 Å². The van der Waals surface area contributed by atoms with Gasteiger partial charge in [-0.3, -0.25) is 4.79 Å². The number of halogens is 2. The number of allylic oxidation sites excluding steroid dienone is 3. The van der Waals surface area contributed by atoms with E-state index in [-0.39, 0.29) is 23.6 Å². The highest BCUT2D eigenvalue weighted by atomic mass is 35.5. The summed E-state index contributed by atoms with van der Waals surface area (Å²) >= 11 is 5.89. The van der Waals surface area contributed by atoms with Gasteiger partial charge in [-0.05, 0) is 67.5 Å². The van der Waals surface area contributed by atoms with E-state index in [1.807, 2.05) is 4.90 Å². The molecule has 2 heterocycles. The predicted molar refractivity (Wildman–Crippen MR) is 140 cm³/mol. The average molecular weight is 523 g/mol. The fraction of sp³-hybridized carbons (Fsp3) is 0.250. The summed E-state index contributed by atoms with van der Waals surface area (Å²) in [6.07, 6.45) is 5.25. The number of carbonyl (C=O) groups excluding carboxylic acids is 1. The minimum absolute atomic E-state index is 0.0387.